The van der Waals surface area contributed by atoms with Gasteiger partial charge in [0, 0.05) is 7.11 Å². The Labute approximate surface area is 43.4 Å². The molecule has 2 heteroatoms. The lowest BCUT2D eigenvalue weighted by Gasteiger charge is -2.02. The average Bonchev–Trinajstić information content (AvgIpc) is 1.72. The molecule has 1 atom stereocenters. The molecule has 0 aromatic carbocycles. The number of hydrogen-bond acceptors (Lipinski definition) is 2. The van der Waals surface area contributed by atoms with E-state index in [1.54, 1.807) is 6.08 Å². The maximum absolute atomic E-state index is 8.33. The van der Waals surface area contributed by atoms with E-state index in [1.165, 1.54) is 7.11 Å². The molecule has 0 heterocycles. The topological polar surface area (TPSA) is 29.5 Å². The second-order valence-electron chi connectivity index (χ2n) is 1.19. The summed E-state index contributed by atoms with van der Waals surface area (Å²) in [5.74, 6) is 0. The van der Waals surface area contributed by atoms with Crippen molar-refractivity contribution >= 4 is 0 Å². The van der Waals surface area contributed by atoms with Crippen LogP contribution < -0.4 is 0 Å². The van der Waals surface area contributed by atoms with Crippen molar-refractivity contribution in [3.63, 3.8) is 0 Å². The van der Waals surface area contributed by atoms with Crippen molar-refractivity contribution in [1.29, 1.82) is 0 Å². The summed E-state index contributed by atoms with van der Waals surface area (Å²) < 4.78 is 4.68. The van der Waals surface area contributed by atoms with Crippen LogP contribution in [0.25, 0.3) is 0 Å². The molecule has 0 saturated heterocycles. The van der Waals surface area contributed by atoms with Gasteiger partial charge in [-0.2, -0.15) is 0 Å². The van der Waals surface area contributed by atoms with Gasteiger partial charge < -0.3 is 9.84 Å². The van der Waals surface area contributed by atoms with Crippen LogP contribution >= 0.6 is 0 Å². The van der Waals surface area contributed by atoms with Gasteiger partial charge in [-0.05, 0) is 0 Å². The van der Waals surface area contributed by atoms with Crippen molar-refractivity contribution in [3.05, 3.63) is 12.7 Å². The van der Waals surface area contributed by atoms with Gasteiger partial charge >= 0.3 is 0 Å². The minimum atomic E-state index is -0.194. The molecule has 0 bridgehead atoms. The molecule has 0 radical (unpaired) electrons. The van der Waals surface area contributed by atoms with Crippen molar-refractivity contribution < 1.29 is 9.84 Å². The summed E-state index contributed by atoms with van der Waals surface area (Å²) in [5.41, 5.74) is 0. The van der Waals surface area contributed by atoms with Gasteiger partial charge in [0.05, 0.1) is 12.7 Å². The zero-order chi connectivity index (χ0) is 5.70. The lowest BCUT2D eigenvalue weighted by atomic mass is 10.4. The second-order valence-corrected chi connectivity index (χ2v) is 1.19. The van der Waals surface area contributed by atoms with Gasteiger partial charge in [0.1, 0.15) is 0 Å². The monoisotopic (exact) mass is 102 g/mol. The summed E-state index contributed by atoms with van der Waals surface area (Å²) >= 11 is 0. The molecule has 0 aromatic heterocycles. The van der Waals surface area contributed by atoms with E-state index in [0.29, 0.717) is 0 Å². The minimum absolute atomic E-state index is 0.0139. The van der Waals surface area contributed by atoms with E-state index >= 15 is 0 Å². The average molecular weight is 102 g/mol. The van der Waals surface area contributed by atoms with E-state index in [0.717, 1.165) is 0 Å². The van der Waals surface area contributed by atoms with E-state index in [2.05, 4.69) is 11.3 Å². The van der Waals surface area contributed by atoms with Crippen LogP contribution in [0.1, 0.15) is 0 Å². The Morgan fingerprint density at radius 1 is 2.00 bits per heavy atom. The molecule has 0 aliphatic heterocycles. The Balaban J connectivity index is 3.16. The maximum atomic E-state index is 8.33. The quantitative estimate of drug-likeness (QED) is 0.515. The zero-order valence-electron chi connectivity index (χ0n) is 4.42. The largest absolute Gasteiger partial charge is 0.393 e. The smallest absolute Gasteiger partial charge is 0.0980 e. The van der Waals surface area contributed by atoms with Crippen LogP contribution in [0.4, 0.5) is 0 Å². The van der Waals surface area contributed by atoms with E-state index in [9.17, 15) is 0 Å². The first-order valence-electron chi connectivity index (χ1n) is 2.11. The highest BCUT2D eigenvalue weighted by molar-refractivity contribution is 4.77. The fourth-order valence-corrected chi connectivity index (χ4v) is 0.245. The number of hydrogen-bond donors (Lipinski definition) is 1. The minimum Gasteiger partial charge on any atom is -0.393 e. The maximum Gasteiger partial charge on any atom is 0.0980 e. The summed E-state index contributed by atoms with van der Waals surface area (Å²) in [6, 6.07) is 0. The number of aliphatic hydroxyl groups excluding tert-OH is 1. The summed E-state index contributed by atoms with van der Waals surface area (Å²) in [6.45, 7) is 3.43. The fraction of sp³-hybridized carbons (Fsp3) is 0.600. The molecule has 0 saturated carbocycles. The van der Waals surface area contributed by atoms with Crippen LogP contribution in [0.5, 0.6) is 0 Å². The Hall–Kier alpha value is -0.340. The highest BCUT2D eigenvalue weighted by Gasteiger charge is 1.93. The van der Waals surface area contributed by atoms with Crippen LogP contribution in [0, 0.1) is 0 Å². The molecule has 0 fully saturated rings. The lowest BCUT2D eigenvalue weighted by Crippen LogP contribution is -2.10. The second kappa shape index (κ2) is 3.84. The number of methoxy groups -OCH3 is 1. The summed E-state index contributed by atoms with van der Waals surface area (Å²) in [6.07, 6.45) is 1.36. The first-order chi connectivity index (χ1) is 3.35. The molecule has 0 amide bonds. The third-order valence-electron chi connectivity index (χ3n) is 0.746. The van der Waals surface area contributed by atoms with Crippen molar-refractivity contribution in [1.82, 2.24) is 0 Å². The third-order valence-corrected chi connectivity index (χ3v) is 0.746. The van der Waals surface area contributed by atoms with Gasteiger partial charge in [0.15, 0.2) is 0 Å². The van der Waals surface area contributed by atoms with Crippen molar-refractivity contribution in [2.75, 3.05) is 13.7 Å². The number of aliphatic hydroxyl groups is 1. The van der Waals surface area contributed by atoms with E-state index in [1.807, 2.05) is 0 Å². The van der Waals surface area contributed by atoms with E-state index in [-0.39, 0.29) is 12.7 Å². The Kier molecular flexibility index (Phi) is 3.65. The molecular formula is C5H10O2. The standard InChI is InChI=1S/C5H10O2/c1-3-5(4-6)7-2/h3,5-6H,1,4H2,2H3/t5-/m0/s1. The van der Waals surface area contributed by atoms with Gasteiger partial charge in [0.25, 0.3) is 0 Å². The van der Waals surface area contributed by atoms with Gasteiger partial charge in [-0.25, -0.2) is 0 Å². The predicted molar refractivity (Wildman–Crippen MR) is 28.1 cm³/mol. The summed E-state index contributed by atoms with van der Waals surface area (Å²) in [4.78, 5) is 0. The highest BCUT2D eigenvalue weighted by Crippen LogP contribution is 1.85. The molecule has 1 N–H and O–H groups in total. The van der Waals surface area contributed by atoms with E-state index in [4.69, 9.17) is 5.11 Å². The molecular weight excluding hydrogens is 92.1 g/mol. The Morgan fingerprint density at radius 2 is 2.57 bits per heavy atom. The highest BCUT2D eigenvalue weighted by atomic mass is 16.5. The SMILES string of the molecule is C=C[C@@H](CO)OC. The van der Waals surface area contributed by atoms with Crippen molar-refractivity contribution in [2.45, 2.75) is 6.10 Å². The Morgan fingerprint density at radius 3 is 2.57 bits per heavy atom. The summed E-state index contributed by atoms with van der Waals surface area (Å²) in [7, 11) is 1.53. The normalized spacial score (nSPS) is 13.4. The van der Waals surface area contributed by atoms with Crippen LogP contribution in [0.15, 0.2) is 12.7 Å². The van der Waals surface area contributed by atoms with Gasteiger partial charge in [-0.15, -0.1) is 6.58 Å². The summed E-state index contributed by atoms with van der Waals surface area (Å²) in [5, 5.41) is 8.33. The van der Waals surface area contributed by atoms with Gasteiger partial charge in [0.2, 0.25) is 0 Å². The zero-order valence-corrected chi connectivity index (χ0v) is 4.42. The van der Waals surface area contributed by atoms with Crippen molar-refractivity contribution in [3.8, 4) is 0 Å². The van der Waals surface area contributed by atoms with Crippen LogP contribution in [0.2, 0.25) is 0 Å². The fourth-order valence-electron chi connectivity index (χ4n) is 0.245. The van der Waals surface area contributed by atoms with Crippen LogP contribution in [-0.2, 0) is 4.74 Å². The first-order valence-corrected chi connectivity index (χ1v) is 2.11. The molecule has 7 heavy (non-hydrogen) atoms. The first kappa shape index (κ1) is 6.66. The third kappa shape index (κ3) is 2.37. The molecule has 2 nitrogen and oxygen atoms in total. The number of rotatable bonds is 3. The number of ether oxygens (including phenoxy) is 1. The Bertz CT molecular complexity index is 48.0. The van der Waals surface area contributed by atoms with Gasteiger partial charge in [-0.3, -0.25) is 0 Å². The molecule has 42 valence electrons. The van der Waals surface area contributed by atoms with Crippen LogP contribution in [0.3, 0.4) is 0 Å². The van der Waals surface area contributed by atoms with Gasteiger partial charge in [-0.1, -0.05) is 6.08 Å². The predicted octanol–water partition coefficient (Wildman–Crippen LogP) is 0.180. The molecule has 0 aromatic rings. The molecule has 0 aliphatic carbocycles. The lowest BCUT2D eigenvalue weighted by molar-refractivity contribution is 0.0822. The van der Waals surface area contributed by atoms with E-state index < -0.39 is 0 Å². The molecule has 0 rings (SSSR count). The molecule has 0 unspecified atom stereocenters. The molecule has 0 spiro atoms. The molecule has 0 aliphatic rings. The van der Waals surface area contributed by atoms with Crippen LogP contribution in [-0.4, -0.2) is 24.9 Å². The van der Waals surface area contributed by atoms with Crippen molar-refractivity contribution in [2.24, 2.45) is 0 Å².